The minimum Gasteiger partial charge on any atom is -0.494 e. The number of nitrogens with zero attached hydrogens (tertiary/aromatic N) is 3. The molecule has 1 heterocycles. The molecule has 0 fully saturated rings. The van der Waals surface area contributed by atoms with Crippen molar-refractivity contribution >= 4 is 28.4 Å². The Morgan fingerprint density at radius 3 is 2.80 bits per heavy atom. The van der Waals surface area contributed by atoms with Gasteiger partial charge in [0.2, 0.25) is 5.13 Å². The Hall–Kier alpha value is -3.26. The predicted octanol–water partition coefficient (Wildman–Crippen LogP) is 6.12. The maximum Gasteiger partial charge on any atom is 0.269 e. The Morgan fingerprint density at radius 2 is 2.03 bits per heavy atom. The average Bonchev–Trinajstić information content (AvgIpc) is 3.23. The summed E-state index contributed by atoms with van der Waals surface area (Å²) in [6.07, 6.45) is 6.43. The van der Waals surface area contributed by atoms with Gasteiger partial charge in [-0.2, -0.15) is 5.10 Å². The molecule has 1 aromatic heterocycles. The molecular formula is C22H24N4O3S. The standard InChI is InChI=1S/C22H24N4O3S/c1-2-3-4-5-13-29-20-8-6-7-17(14-20)15-23-25-22-24-21(16-30-22)18-9-11-19(12-10-18)26(27)28/h6-12,14-16H,2-5,13H2,1H3,(H,24,25)/b23-15+. The molecule has 0 bridgehead atoms. The van der Waals surface area contributed by atoms with Crippen LogP contribution in [0.25, 0.3) is 11.3 Å². The van der Waals surface area contributed by atoms with Gasteiger partial charge in [-0.1, -0.05) is 38.3 Å². The van der Waals surface area contributed by atoms with Gasteiger partial charge in [0.05, 0.1) is 23.4 Å². The number of benzene rings is 2. The number of hydrogen-bond acceptors (Lipinski definition) is 7. The molecule has 1 N–H and O–H groups in total. The SMILES string of the molecule is CCCCCCOc1cccc(/C=N/Nc2nc(-c3ccc([N+](=O)[O-])cc3)cs2)c1. The van der Waals surface area contributed by atoms with Gasteiger partial charge in [0.25, 0.3) is 5.69 Å². The van der Waals surface area contributed by atoms with E-state index >= 15 is 0 Å². The third-order valence-corrected chi connectivity index (χ3v) is 5.12. The summed E-state index contributed by atoms with van der Waals surface area (Å²) in [6, 6.07) is 14.1. The van der Waals surface area contributed by atoms with Gasteiger partial charge in [0.15, 0.2) is 0 Å². The number of unbranched alkanes of at least 4 members (excludes halogenated alkanes) is 3. The molecule has 0 radical (unpaired) electrons. The first-order valence-corrected chi connectivity index (χ1v) is 10.8. The summed E-state index contributed by atoms with van der Waals surface area (Å²) in [5.74, 6) is 0.838. The van der Waals surface area contributed by atoms with E-state index < -0.39 is 4.92 Å². The highest BCUT2D eigenvalue weighted by Crippen LogP contribution is 2.26. The Morgan fingerprint density at radius 1 is 1.20 bits per heavy atom. The summed E-state index contributed by atoms with van der Waals surface area (Å²) in [5.41, 5.74) is 5.48. The van der Waals surface area contributed by atoms with Crippen molar-refractivity contribution < 1.29 is 9.66 Å². The van der Waals surface area contributed by atoms with Crippen molar-refractivity contribution in [2.75, 3.05) is 12.0 Å². The summed E-state index contributed by atoms with van der Waals surface area (Å²) in [4.78, 5) is 14.8. The normalized spacial score (nSPS) is 11.0. The van der Waals surface area contributed by atoms with Gasteiger partial charge in [-0.3, -0.25) is 15.5 Å². The summed E-state index contributed by atoms with van der Waals surface area (Å²) in [5, 5.41) is 17.5. The van der Waals surface area contributed by atoms with Crippen LogP contribution in [0.15, 0.2) is 59.0 Å². The zero-order valence-electron chi connectivity index (χ0n) is 16.8. The molecule has 0 amide bonds. The number of aromatic nitrogens is 1. The summed E-state index contributed by atoms with van der Waals surface area (Å²) in [6.45, 7) is 2.92. The number of rotatable bonds is 11. The van der Waals surface area contributed by atoms with E-state index in [1.807, 2.05) is 29.6 Å². The quantitative estimate of drug-likeness (QED) is 0.173. The molecule has 2 aromatic carbocycles. The lowest BCUT2D eigenvalue weighted by molar-refractivity contribution is -0.384. The zero-order chi connectivity index (χ0) is 21.2. The maximum atomic E-state index is 10.8. The number of nitro groups is 1. The number of hydrogen-bond donors (Lipinski definition) is 1. The molecule has 0 aliphatic heterocycles. The topological polar surface area (TPSA) is 89.7 Å². The van der Waals surface area contributed by atoms with E-state index in [0.717, 1.165) is 35.6 Å². The lowest BCUT2D eigenvalue weighted by Gasteiger charge is -2.06. The van der Waals surface area contributed by atoms with Crippen LogP contribution < -0.4 is 10.2 Å². The fourth-order valence-corrected chi connectivity index (χ4v) is 3.45. The van der Waals surface area contributed by atoms with Crippen LogP contribution in [0.2, 0.25) is 0 Å². The van der Waals surface area contributed by atoms with Gasteiger partial charge < -0.3 is 4.74 Å². The molecule has 30 heavy (non-hydrogen) atoms. The van der Waals surface area contributed by atoms with E-state index in [1.54, 1.807) is 18.3 Å². The second-order valence-electron chi connectivity index (χ2n) is 6.69. The molecule has 0 unspecified atom stereocenters. The highest BCUT2D eigenvalue weighted by molar-refractivity contribution is 7.14. The van der Waals surface area contributed by atoms with Gasteiger partial charge in [0.1, 0.15) is 5.75 Å². The number of nitro benzene ring substituents is 1. The average molecular weight is 425 g/mol. The Balaban J connectivity index is 1.53. The number of non-ortho nitro benzene ring substituents is 1. The largest absolute Gasteiger partial charge is 0.494 e. The zero-order valence-corrected chi connectivity index (χ0v) is 17.6. The molecule has 7 nitrogen and oxygen atoms in total. The van der Waals surface area contributed by atoms with Gasteiger partial charge in [0, 0.05) is 23.1 Å². The smallest absolute Gasteiger partial charge is 0.269 e. The van der Waals surface area contributed by atoms with Crippen molar-refractivity contribution in [2.45, 2.75) is 32.6 Å². The van der Waals surface area contributed by atoms with Crippen molar-refractivity contribution in [1.82, 2.24) is 4.98 Å². The third kappa shape index (κ3) is 6.38. The Bertz CT molecular complexity index is 986. The highest BCUT2D eigenvalue weighted by atomic mass is 32.1. The van der Waals surface area contributed by atoms with Crippen molar-refractivity contribution in [2.24, 2.45) is 5.10 Å². The van der Waals surface area contributed by atoms with E-state index in [9.17, 15) is 10.1 Å². The van der Waals surface area contributed by atoms with Gasteiger partial charge in [-0.25, -0.2) is 4.98 Å². The maximum absolute atomic E-state index is 10.8. The van der Waals surface area contributed by atoms with Crippen LogP contribution in [0.3, 0.4) is 0 Å². The lowest BCUT2D eigenvalue weighted by atomic mass is 10.1. The fraction of sp³-hybridized carbons (Fsp3) is 0.273. The number of nitrogens with one attached hydrogen (secondary N) is 1. The molecule has 0 saturated carbocycles. The van der Waals surface area contributed by atoms with Crippen LogP contribution in [0.1, 0.15) is 38.2 Å². The molecule has 0 aliphatic carbocycles. The van der Waals surface area contributed by atoms with Crippen molar-refractivity contribution in [3.8, 4) is 17.0 Å². The van der Waals surface area contributed by atoms with E-state index in [4.69, 9.17) is 4.74 Å². The Kier molecular flexibility index (Phi) is 7.91. The second kappa shape index (κ2) is 11.1. The molecule has 3 aromatic rings. The van der Waals surface area contributed by atoms with Crippen molar-refractivity contribution in [3.63, 3.8) is 0 Å². The van der Waals surface area contributed by atoms with Gasteiger partial charge in [-0.15, -0.1) is 11.3 Å². The predicted molar refractivity (Wildman–Crippen MR) is 122 cm³/mol. The van der Waals surface area contributed by atoms with E-state index in [1.165, 1.54) is 42.7 Å². The van der Waals surface area contributed by atoms with Crippen LogP contribution in [-0.2, 0) is 0 Å². The molecule has 8 heteroatoms. The Labute approximate surface area is 179 Å². The molecule has 0 saturated heterocycles. The number of hydrazone groups is 1. The number of ether oxygens (including phenoxy) is 1. The first kappa shape index (κ1) is 21.4. The summed E-state index contributed by atoms with van der Waals surface area (Å²) < 4.78 is 5.80. The minimum absolute atomic E-state index is 0.0593. The minimum atomic E-state index is -0.418. The van der Waals surface area contributed by atoms with Crippen molar-refractivity contribution in [1.29, 1.82) is 0 Å². The third-order valence-electron chi connectivity index (χ3n) is 4.38. The van der Waals surface area contributed by atoms with Crippen LogP contribution >= 0.6 is 11.3 Å². The molecule has 156 valence electrons. The van der Waals surface area contributed by atoms with E-state index in [0.29, 0.717) is 5.13 Å². The van der Waals surface area contributed by atoms with Gasteiger partial charge >= 0.3 is 0 Å². The molecule has 0 atom stereocenters. The summed E-state index contributed by atoms with van der Waals surface area (Å²) in [7, 11) is 0. The molecule has 0 spiro atoms. The van der Waals surface area contributed by atoms with Crippen LogP contribution in [0, 0.1) is 10.1 Å². The first-order valence-electron chi connectivity index (χ1n) is 9.88. The molecular weight excluding hydrogens is 400 g/mol. The summed E-state index contributed by atoms with van der Waals surface area (Å²) >= 11 is 1.42. The number of anilines is 1. The van der Waals surface area contributed by atoms with E-state index in [-0.39, 0.29) is 5.69 Å². The lowest BCUT2D eigenvalue weighted by Crippen LogP contribution is -1.98. The van der Waals surface area contributed by atoms with Crippen molar-refractivity contribution in [3.05, 3.63) is 69.6 Å². The fourth-order valence-electron chi connectivity index (χ4n) is 2.78. The molecule has 0 aliphatic rings. The second-order valence-corrected chi connectivity index (χ2v) is 7.55. The molecule has 3 rings (SSSR count). The van der Waals surface area contributed by atoms with Crippen LogP contribution in [-0.4, -0.2) is 22.7 Å². The number of thiazole rings is 1. The van der Waals surface area contributed by atoms with Crippen LogP contribution in [0.5, 0.6) is 5.75 Å². The highest BCUT2D eigenvalue weighted by Gasteiger charge is 2.08. The van der Waals surface area contributed by atoms with Gasteiger partial charge in [-0.05, 0) is 36.2 Å². The first-order chi connectivity index (χ1) is 14.7. The monoisotopic (exact) mass is 424 g/mol. The van der Waals surface area contributed by atoms with E-state index in [2.05, 4.69) is 22.4 Å². The van der Waals surface area contributed by atoms with Crippen LogP contribution in [0.4, 0.5) is 10.8 Å².